The fraction of sp³-hybridized carbons (Fsp3) is 0.900. The summed E-state index contributed by atoms with van der Waals surface area (Å²) in [5.74, 6) is -2.26. The summed E-state index contributed by atoms with van der Waals surface area (Å²) in [4.78, 5) is 22.9. The molecule has 0 aliphatic heterocycles. The molecule has 0 amide bonds. The third kappa shape index (κ3) is 12.0. The molecular formula is C20H38O5. The lowest BCUT2D eigenvalue weighted by molar-refractivity contribution is -0.174. The molecule has 0 spiro atoms. The molecule has 0 bridgehead atoms. The normalized spacial score (nSPS) is 13.5. The fourth-order valence-electron chi connectivity index (χ4n) is 3.04. The average molecular weight is 359 g/mol. The van der Waals surface area contributed by atoms with Gasteiger partial charge >= 0.3 is 11.9 Å². The van der Waals surface area contributed by atoms with Gasteiger partial charge in [0.25, 0.3) is 0 Å². The summed E-state index contributed by atoms with van der Waals surface area (Å²) >= 11 is 0. The minimum Gasteiger partial charge on any atom is -0.481 e. The second-order valence-electron chi connectivity index (χ2n) is 7.00. The Morgan fingerprint density at radius 3 is 1.72 bits per heavy atom. The number of carbonyl (C=O) groups is 2. The number of hydrogen-bond donors (Lipinski definition) is 2. The first-order valence-electron chi connectivity index (χ1n) is 10.1. The quantitative estimate of drug-likeness (QED) is 0.320. The Morgan fingerprint density at radius 1 is 0.760 bits per heavy atom. The third-order valence-electron chi connectivity index (χ3n) is 4.64. The van der Waals surface area contributed by atoms with Crippen LogP contribution >= 0.6 is 0 Å². The molecule has 148 valence electrons. The molecule has 0 rings (SSSR count). The Balaban J connectivity index is 4.36. The number of carboxylic acid groups (broad SMARTS) is 2. The lowest BCUT2D eigenvalue weighted by atomic mass is 9.91. The molecule has 0 aliphatic carbocycles. The first-order chi connectivity index (χ1) is 12.0. The van der Waals surface area contributed by atoms with Gasteiger partial charge in [-0.05, 0) is 19.3 Å². The smallest absolute Gasteiger partial charge is 0.336 e. The van der Waals surface area contributed by atoms with Crippen LogP contribution in [0.1, 0.15) is 104 Å². The minimum atomic E-state index is -1.57. The van der Waals surface area contributed by atoms with Crippen molar-refractivity contribution in [3.63, 3.8) is 0 Å². The molecule has 0 aromatic carbocycles. The maximum Gasteiger partial charge on any atom is 0.336 e. The van der Waals surface area contributed by atoms with E-state index < -0.39 is 24.0 Å². The van der Waals surface area contributed by atoms with Crippen molar-refractivity contribution in [3.05, 3.63) is 0 Å². The molecule has 25 heavy (non-hydrogen) atoms. The molecule has 0 fully saturated rings. The predicted octanol–water partition coefficient (Wildman–Crippen LogP) is 5.41. The van der Waals surface area contributed by atoms with E-state index in [1.165, 1.54) is 32.1 Å². The molecule has 0 saturated carbocycles. The number of ether oxygens (including phenoxy) is 1. The zero-order valence-corrected chi connectivity index (χ0v) is 16.2. The van der Waals surface area contributed by atoms with Crippen molar-refractivity contribution >= 4 is 11.9 Å². The zero-order chi connectivity index (χ0) is 19.0. The van der Waals surface area contributed by atoms with Crippen molar-refractivity contribution in [1.82, 2.24) is 0 Å². The zero-order valence-electron chi connectivity index (χ0n) is 16.2. The van der Waals surface area contributed by atoms with Gasteiger partial charge in [0.15, 0.2) is 5.60 Å². The van der Waals surface area contributed by atoms with Gasteiger partial charge in [-0.3, -0.25) is 4.79 Å². The standard InChI is InChI=1S/C20H38O5/c1-3-5-7-9-11-13-15-20(19(23)24,17-18(21)22)25-16-14-12-10-8-6-4-2/h3-17H2,1-2H3,(H,21,22)(H,23,24)/t20-/m1/s1. The van der Waals surface area contributed by atoms with Crippen LogP contribution in [-0.2, 0) is 14.3 Å². The topological polar surface area (TPSA) is 83.8 Å². The van der Waals surface area contributed by atoms with E-state index in [2.05, 4.69) is 13.8 Å². The number of rotatable bonds is 18. The largest absolute Gasteiger partial charge is 0.481 e. The molecule has 0 aliphatic rings. The summed E-state index contributed by atoms with van der Waals surface area (Å²) in [6.07, 6.45) is 12.5. The summed E-state index contributed by atoms with van der Waals surface area (Å²) < 4.78 is 5.66. The summed E-state index contributed by atoms with van der Waals surface area (Å²) in [5, 5.41) is 18.7. The lowest BCUT2D eigenvalue weighted by Crippen LogP contribution is -2.44. The van der Waals surface area contributed by atoms with Crippen molar-refractivity contribution in [2.45, 2.75) is 109 Å². The van der Waals surface area contributed by atoms with Crippen LogP contribution in [0.2, 0.25) is 0 Å². The number of aliphatic carboxylic acids is 2. The van der Waals surface area contributed by atoms with E-state index in [1.54, 1.807) is 0 Å². The highest BCUT2D eigenvalue weighted by Crippen LogP contribution is 2.26. The monoisotopic (exact) mass is 358 g/mol. The van der Waals surface area contributed by atoms with Gasteiger partial charge in [0, 0.05) is 6.61 Å². The Labute approximate surface area is 153 Å². The summed E-state index contributed by atoms with van der Waals surface area (Å²) in [7, 11) is 0. The van der Waals surface area contributed by atoms with Crippen LogP contribution in [0.5, 0.6) is 0 Å². The van der Waals surface area contributed by atoms with Crippen LogP contribution in [0.3, 0.4) is 0 Å². The van der Waals surface area contributed by atoms with Gasteiger partial charge in [-0.1, -0.05) is 78.1 Å². The van der Waals surface area contributed by atoms with E-state index in [0.29, 0.717) is 13.0 Å². The molecule has 0 unspecified atom stereocenters. The van der Waals surface area contributed by atoms with Crippen LogP contribution in [-0.4, -0.2) is 34.4 Å². The highest BCUT2D eigenvalue weighted by Gasteiger charge is 2.41. The number of carboxylic acids is 2. The highest BCUT2D eigenvalue weighted by molar-refractivity contribution is 5.83. The van der Waals surface area contributed by atoms with Crippen LogP contribution in [0, 0.1) is 0 Å². The van der Waals surface area contributed by atoms with Gasteiger partial charge in [0.05, 0.1) is 6.42 Å². The Morgan fingerprint density at radius 2 is 1.24 bits per heavy atom. The van der Waals surface area contributed by atoms with Crippen molar-refractivity contribution in [3.8, 4) is 0 Å². The van der Waals surface area contributed by atoms with E-state index in [-0.39, 0.29) is 6.42 Å². The van der Waals surface area contributed by atoms with Gasteiger partial charge in [-0.15, -0.1) is 0 Å². The molecule has 1 atom stereocenters. The molecule has 0 saturated heterocycles. The Hall–Kier alpha value is -1.10. The molecule has 0 aromatic rings. The maximum absolute atomic E-state index is 11.7. The van der Waals surface area contributed by atoms with E-state index in [0.717, 1.165) is 38.5 Å². The molecule has 5 heteroatoms. The fourth-order valence-corrected chi connectivity index (χ4v) is 3.04. The minimum absolute atomic E-state index is 0.274. The van der Waals surface area contributed by atoms with Crippen LogP contribution in [0.4, 0.5) is 0 Å². The summed E-state index contributed by atoms with van der Waals surface area (Å²) in [6.45, 7) is 4.64. The van der Waals surface area contributed by atoms with E-state index in [9.17, 15) is 14.7 Å². The lowest BCUT2D eigenvalue weighted by Gasteiger charge is -2.28. The predicted molar refractivity (Wildman–Crippen MR) is 99.9 cm³/mol. The van der Waals surface area contributed by atoms with Crippen molar-refractivity contribution < 1.29 is 24.5 Å². The second-order valence-corrected chi connectivity index (χ2v) is 7.00. The second kappa shape index (κ2) is 15.2. The average Bonchev–Trinajstić information content (AvgIpc) is 2.56. The summed E-state index contributed by atoms with van der Waals surface area (Å²) in [5.41, 5.74) is -1.57. The van der Waals surface area contributed by atoms with E-state index >= 15 is 0 Å². The van der Waals surface area contributed by atoms with Crippen LogP contribution in [0.25, 0.3) is 0 Å². The van der Waals surface area contributed by atoms with Gasteiger partial charge in [0.2, 0.25) is 0 Å². The van der Waals surface area contributed by atoms with Crippen molar-refractivity contribution in [1.29, 1.82) is 0 Å². The van der Waals surface area contributed by atoms with Crippen LogP contribution < -0.4 is 0 Å². The van der Waals surface area contributed by atoms with Crippen molar-refractivity contribution in [2.75, 3.05) is 6.61 Å². The molecular weight excluding hydrogens is 320 g/mol. The number of hydrogen-bond acceptors (Lipinski definition) is 3. The molecule has 0 radical (unpaired) electrons. The van der Waals surface area contributed by atoms with Gasteiger partial charge in [0.1, 0.15) is 0 Å². The van der Waals surface area contributed by atoms with Crippen LogP contribution in [0.15, 0.2) is 0 Å². The van der Waals surface area contributed by atoms with Crippen molar-refractivity contribution in [2.24, 2.45) is 0 Å². The van der Waals surface area contributed by atoms with Gasteiger partial charge in [-0.25, -0.2) is 4.79 Å². The first kappa shape index (κ1) is 23.9. The highest BCUT2D eigenvalue weighted by atomic mass is 16.5. The molecule has 0 heterocycles. The maximum atomic E-state index is 11.7. The van der Waals surface area contributed by atoms with E-state index in [4.69, 9.17) is 9.84 Å². The van der Waals surface area contributed by atoms with E-state index in [1.807, 2.05) is 0 Å². The Bertz CT molecular complexity index is 356. The number of unbranched alkanes of at least 4 members (excludes halogenated alkanes) is 10. The van der Waals surface area contributed by atoms with Gasteiger partial charge < -0.3 is 14.9 Å². The SMILES string of the molecule is CCCCCCCCO[C@](CCCCCCCC)(CC(=O)O)C(=O)O. The Kier molecular flexibility index (Phi) is 14.5. The third-order valence-corrected chi connectivity index (χ3v) is 4.64. The van der Waals surface area contributed by atoms with Gasteiger partial charge in [-0.2, -0.15) is 0 Å². The molecule has 5 nitrogen and oxygen atoms in total. The summed E-state index contributed by atoms with van der Waals surface area (Å²) in [6, 6.07) is 0. The molecule has 0 aromatic heterocycles. The first-order valence-corrected chi connectivity index (χ1v) is 10.1. The molecule has 2 N–H and O–H groups in total.